The molecular formula is C32H30Cl2FN3O4S. The van der Waals surface area contributed by atoms with Crippen molar-refractivity contribution in [2.75, 3.05) is 17.9 Å². The van der Waals surface area contributed by atoms with Crippen molar-refractivity contribution in [1.82, 2.24) is 10.2 Å². The van der Waals surface area contributed by atoms with Gasteiger partial charge in [0.2, 0.25) is 11.8 Å². The maximum absolute atomic E-state index is 14.3. The summed E-state index contributed by atoms with van der Waals surface area (Å²) in [6.45, 7) is 0.956. The van der Waals surface area contributed by atoms with E-state index in [1.54, 1.807) is 30.3 Å². The number of nitrogens with zero attached hydrogens (tertiary/aromatic N) is 2. The third-order valence-corrected chi connectivity index (χ3v) is 9.41. The third-order valence-electron chi connectivity index (χ3n) is 6.91. The van der Waals surface area contributed by atoms with Crippen molar-refractivity contribution in [3.05, 3.63) is 130 Å². The van der Waals surface area contributed by atoms with Gasteiger partial charge in [0.25, 0.3) is 10.0 Å². The number of likely N-dealkylation sites (N-methyl/N-ethyl adjacent to an activating group) is 1. The van der Waals surface area contributed by atoms with Crippen LogP contribution >= 0.6 is 23.2 Å². The van der Waals surface area contributed by atoms with Gasteiger partial charge in [-0.3, -0.25) is 13.9 Å². The Labute approximate surface area is 260 Å². The number of carbonyl (C=O) groups excluding carboxylic acids is 2. The summed E-state index contributed by atoms with van der Waals surface area (Å²) >= 11 is 12.9. The Morgan fingerprint density at radius 3 is 2.05 bits per heavy atom. The number of carbonyl (C=O) groups is 2. The average molecular weight is 643 g/mol. The summed E-state index contributed by atoms with van der Waals surface area (Å²) < 4.78 is 42.6. The lowest BCUT2D eigenvalue weighted by atomic mass is 10.0. The zero-order valence-electron chi connectivity index (χ0n) is 23.5. The number of amides is 2. The summed E-state index contributed by atoms with van der Waals surface area (Å²) in [6.07, 6.45) is 0.135. The van der Waals surface area contributed by atoms with Crippen LogP contribution in [0, 0.1) is 12.7 Å². The van der Waals surface area contributed by atoms with E-state index in [1.165, 1.54) is 36.2 Å². The molecule has 4 aromatic carbocycles. The topological polar surface area (TPSA) is 86.8 Å². The van der Waals surface area contributed by atoms with E-state index in [1.807, 2.05) is 37.3 Å². The van der Waals surface area contributed by atoms with Crippen molar-refractivity contribution in [2.24, 2.45) is 0 Å². The Morgan fingerprint density at radius 1 is 0.860 bits per heavy atom. The normalized spacial score (nSPS) is 11.9. The van der Waals surface area contributed by atoms with Crippen LogP contribution in [0.25, 0.3) is 0 Å². The minimum atomic E-state index is -4.30. The van der Waals surface area contributed by atoms with Gasteiger partial charge in [0, 0.05) is 35.6 Å². The SMILES string of the molecule is CNC(=O)C(Cc1ccccc1)N(Cc1c(Cl)cccc1Cl)C(=O)CN(c1ccc(F)cc1)S(=O)(=O)c1ccc(C)cc1. The first-order valence-electron chi connectivity index (χ1n) is 13.3. The van der Waals surface area contributed by atoms with E-state index in [0.29, 0.717) is 5.56 Å². The van der Waals surface area contributed by atoms with Crippen molar-refractivity contribution >= 4 is 50.7 Å². The first-order valence-corrected chi connectivity index (χ1v) is 15.5. The molecule has 0 aliphatic heterocycles. The third kappa shape index (κ3) is 7.73. The van der Waals surface area contributed by atoms with Gasteiger partial charge in [-0.15, -0.1) is 0 Å². The van der Waals surface area contributed by atoms with E-state index in [4.69, 9.17) is 23.2 Å². The number of nitrogens with one attached hydrogen (secondary N) is 1. The second-order valence-electron chi connectivity index (χ2n) is 9.84. The Morgan fingerprint density at radius 2 is 1.47 bits per heavy atom. The molecule has 0 aliphatic carbocycles. The number of aryl methyl sites for hydroxylation is 1. The molecule has 4 rings (SSSR count). The molecule has 224 valence electrons. The standard InChI is InChI=1S/C32H30Cl2FN3O4S/c1-22-11-17-26(18-12-22)43(41,42)38(25-15-13-24(35)14-16-25)21-31(39)37(20-27-28(33)9-6-10-29(27)34)30(32(40)36-2)19-23-7-4-3-5-8-23/h3-18,30H,19-21H2,1-2H3,(H,36,40). The Balaban J connectivity index is 1.81. The predicted molar refractivity (Wildman–Crippen MR) is 167 cm³/mol. The molecule has 0 aliphatic rings. The molecule has 11 heteroatoms. The number of benzene rings is 4. The number of hydrogen-bond donors (Lipinski definition) is 1. The van der Waals surface area contributed by atoms with Crippen LogP contribution in [-0.4, -0.2) is 44.8 Å². The fourth-order valence-corrected chi connectivity index (χ4v) is 6.48. The summed E-state index contributed by atoms with van der Waals surface area (Å²) in [5.41, 5.74) is 2.10. The molecule has 4 aromatic rings. The average Bonchev–Trinajstić information content (AvgIpc) is 2.99. The van der Waals surface area contributed by atoms with Crippen molar-refractivity contribution < 1.29 is 22.4 Å². The van der Waals surface area contributed by atoms with E-state index in [2.05, 4.69) is 5.32 Å². The Bertz CT molecular complexity index is 1670. The van der Waals surface area contributed by atoms with E-state index in [0.717, 1.165) is 27.6 Å². The van der Waals surface area contributed by atoms with Crippen LogP contribution in [0.1, 0.15) is 16.7 Å². The molecule has 0 aromatic heterocycles. The highest BCUT2D eigenvalue weighted by Crippen LogP contribution is 2.29. The molecule has 0 saturated heterocycles. The molecule has 0 spiro atoms. The van der Waals surface area contributed by atoms with Gasteiger partial charge in [-0.05, 0) is 61.0 Å². The maximum atomic E-state index is 14.3. The van der Waals surface area contributed by atoms with Crippen molar-refractivity contribution in [3.8, 4) is 0 Å². The molecule has 0 fully saturated rings. The summed E-state index contributed by atoms with van der Waals surface area (Å²) in [5.74, 6) is -1.73. The number of hydrogen-bond acceptors (Lipinski definition) is 4. The zero-order chi connectivity index (χ0) is 31.1. The van der Waals surface area contributed by atoms with Crippen molar-refractivity contribution in [3.63, 3.8) is 0 Å². The largest absolute Gasteiger partial charge is 0.357 e. The van der Waals surface area contributed by atoms with Gasteiger partial charge in [-0.1, -0.05) is 77.3 Å². The molecule has 1 unspecified atom stereocenters. The molecule has 0 radical (unpaired) electrons. The molecule has 1 N–H and O–H groups in total. The van der Waals surface area contributed by atoms with Crippen LogP contribution in [0.5, 0.6) is 0 Å². The van der Waals surface area contributed by atoms with Gasteiger partial charge in [-0.25, -0.2) is 12.8 Å². The first-order chi connectivity index (χ1) is 20.5. The van der Waals surface area contributed by atoms with Gasteiger partial charge in [-0.2, -0.15) is 0 Å². The summed E-state index contributed by atoms with van der Waals surface area (Å²) in [5, 5.41) is 3.18. The smallest absolute Gasteiger partial charge is 0.264 e. The minimum Gasteiger partial charge on any atom is -0.357 e. The van der Waals surface area contributed by atoms with Gasteiger partial charge < -0.3 is 10.2 Å². The van der Waals surface area contributed by atoms with Crippen LogP contribution in [0.2, 0.25) is 10.0 Å². The lowest BCUT2D eigenvalue weighted by molar-refractivity contribution is -0.139. The molecule has 0 bridgehead atoms. The highest BCUT2D eigenvalue weighted by atomic mass is 35.5. The van der Waals surface area contributed by atoms with Gasteiger partial charge in [0.05, 0.1) is 10.6 Å². The van der Waals surface area contributed by atoms with E-state index in [9.17, 15) is 22.4 Å². The van der Waals surface area contributed by atoms with Gasteiger partial charge >= 0.3 is 0 Å². The fourth-order valence-electron chi connectivity index (χ4n) is 4.55. The van der Waals surface area contributed by atoms with E-state index in [-0.39, 0.29) is 33.6 Å². The summed E-state index contributed by atoms with van der Waals surface area (Å²) in [4.78, 5) is 28.8. The monoisotopic (exact) mass is 641 g/mol. The number of sulfonamides is 1. The number of anilines is 1. The zero-order valence-corrected chi connectivity index (χ0v) is 25.8. The minimum absolute atomic E-state index is 0.0527. The highest BCUT2D eigenvalue weighted by molar-refractivity contribution is 7.92. The second-order valence-corrected chi connectivity index (χ2v) is 12.5. The van der Waals surface area contributed by atoms with E-state index >= 15 is 0 Å². The van der Waals surface area contributed by atoms with E-state index < -0.39 is 40.2 Å². The lowest BCUT2D eigenvalue weighted by Gasteiger charge is -2.34. The molecule has 1 atom stereocenters. The summed E-state index contributed by atoms with van der Waals surface area (Å²) in [6, 6.07) is 23.9. The molecule has 2 amide bonds. The van der Waals surface area contributed by atoms with Gasteiger partial charge in [0.15, 0.2) is 0 Å². The number of halogens is 3. The van der Waals surface area contributed by atoms with Crippen LogP contribution in [0.15, 0.2) is 102 Å². The molecule has 43 heavy (non-hydrogen) atoms. The van der Waals surface area contributed by atoms with Crippen LogP contribution in [-0.2, 0) is 32.6 Å². The second kappa shape index (κ2) is 14.0. The Hall–Kier alpha value is -3.92. The maximum Gasteiger partial charge on any atom is 0.264 e. The fraction of sp³-hybridized carbons (Fsp3) is 0.188. The summed E-state index contributed by atoms with van der Waals surface area (Å²) in [7, 11) is -2.84. The van der Waals surface area contributed by atoms with Crippen molar-refractivity contribution in [2.45, 2.75) is 30.8 Å². The molecule has 7 nitrogen and oxygen atoms in total. The first kappa shape index (κ1) is 32.0. The quantitative estimate of drug-likeness (QED) is 0.217. The van der Waals surface area contributed by atoms with Crippen LogP contribution < -0.4 is 9.62 Å². The van der Waals surface area contributed by atoms with Crippen LogP contribution in [0.3, 0.4) is 0 Å². The molecule has 0 heterocycles. The van der Waals surface area contributed by atoms with Crippen molar-refractivity contribution in [1.29, 1.82) is 0 Å². The molecular weight excluding hydrogens is 612 g/mol. The highest BCUT2D eigenvalue weighted by Gasteiger charge is 2.35. The lowest BCUT2D eigenvalue weighted by Crippen LogP contribution is -2.53. The van der Waals surface area contributed by atoms with Gasteiger partial charge in [0.1, 0.15) is 18.4 Å². The van der Waals surface area contributed by atoms with Crippen LogP contribution in [0.4, 0.5) is 10.1 Å². The number of rotatable bonds is 11. The Kier molecular flexibility index (Phi) is 10.4. The predicted octanol–water partition coefficient (Wildman–Crippen LogP) is 6.02. The molecule has 0 saturated carbocycles.